The van der Waals surface area contributed by atoms with Gasteiger partial charge in [-0.05, 0) is 25.2 Å². The Morgan fingerprint density at radius 1 is 1.16 bits per heavy atom. The zero-order valence-electron chi connectivity index (χ0n) is 12.7. The van der Waals surface area contributed by atoms with Crippen LogP contribution >= 0.6 is 0 Å². The molecule has 19 heavy (non-hydrogen) atoms. The first-order chi connectivity index (χ1) is 9.21. The van der Waals surface area contributed by atoms with Gasteiger partial charge in [-0.2, -0.15) is 0 Å². The van der Waals surface area contributed by atoms with Gasteiger partial charge in [-0.1, -0.05) is 51.9 Å². The standard InChI is InChI=1S/C16H31NO2/c1-3-4-5-6-7-8-9-12-16(13-17,14-10-11-14)15(18)19-2/h14H,3-13,17H2,1-2H3. The third-order valence-corrected chi connectivity index (χ3v) is 4.54. The van der Waals surface area contributed by atoms with E-state index < -0.39 is 0 Å². The van der Waals surface area contributed by atoms with Crippen LogP contribution in [0.2, 0.25) is 0 Å². The Hall–Kier alpha value is -0.570. The van der Waals surface area contributed by atoms with Gasteiger partial charge in [0.1, 0.15) is 0 Å². The number of hydrogen-bond acceptors (Lipinski definition) is 3. The Kier molecular flexibility index (Phi) is 7.44. The summed E-state index contributed by atoms with van der Waals surface area (Å²) in [4.78, 5) is 12.0. The van der Waals surface area contributed by atoms with Crippen LogP contribution in [0.3, 0.4) is 0 Å². The van der Waals surface area contributed by atoms with Crippen molar-refractivity contribution in [2.75, 3.05) is 13.7 Å². The van der Waals surface area contributed by atoms with E-state index in [4.69, 9.17) is 10.5 Å². The number of nitrogens with two attached hydrogens (primary N) is 1. The van der Waals surface area contributed by atoms with Crippen molar-refractivity contribution in [2.45, 2.75) is 71.1 Å². The van der Waals surface area contributed by atoms with Crippen LogP contribution in [0, 0.1) is 11.3 Å². The van der Waals surface area contributed by atoms with E-state index in [0.29, 0.717) is 12.5 Å². The molecule has 1 unspecified atom stereocenters. The maximum absolute atomic E-state index is 12.0. The number of hydrogen-bond donors (Lipinski definition) is 1. The molecule has 1 aliphatic carbocycles. The van der Waals surface area contributed by atoms with Crippen LogP contribution in [-0.4, -0.2) is 19.6 Å². The van der Waals surface area contributed by atoms with Crippen LogP contribution < -0.4 is 5.73 Å². The quantitative estimate of drug-likeness (QED) is 0.460. The van der Waals surface area contributed by atoms with Gasteiger partial charge >= 0.3 is 5.97 Å². The molecule has 0 aromatic carbocycles. The van der Waals surface area contributed by atoms with Crippen LogP contribution in [0.15, 0.2) is 0 Å². The molecule has 0 bridgehead atoms. The second kappa shape index (κ2) is 8.57. The predicted octanol–water partition coefficient (Wildman–Crippen LogP) is 3.66. The summed E-state index contributed by atoms with van der Waals surface area (Å²) in [5, 5.41) is 0. The van der Waals surface area contributed by atoms with Crippen LogP contribution in [0.4, 0.5) is 0 Å². The molecule has 112 valence electrons. The molecule has 0 amide bonds. The highest BCUT2D eigenvalue weighted by Crippen LogP contribution is 2.48. The molecule has 0 heterocycles. The Labute approximate surface area is 118 Å². The molecule has 0 aliphatic heterocycles. The molecule has 0 spiro atoms. The van der Waals surface area contributed by atoms with Crippen LogP contribution in [0.1, 0.15) is 71.1 Å². The lowest BCUT2D eigenvalue weighted by molar-refractivity contribution is -0.154. The molecule has 1 rings (SSSR count). The third kappa shape index (κ3) is 4.79. The fraction of sp³-hybridized carbons (Fsp3) is 0.938. The van der Waals surface area contributed by atoms with E-state index >= 15 is 0 Å². The summed E-state index contributed by atoms with van der Waals surface area (Å²) < 4.78 is 5.00. The number of unbranched alkanes of at least 4 members (excludes halogenated alkanes) is 6. The largest absolute Gasteiger partial charge is 0.469 e. The topological polar surface area (TPSA) is 52.3 Å². The molecule has 0 saturated heterocycles. The maximum atomic E-state index is 12.0. The van der Waals surface area contributed by atoms with Crippen molar-refractivity contribution in [3.63, 3.8) is 0 Å². The molecule has 1 saturated carbocycles. The highest BCUT2D eigenvalue weighted by Gasteiger charge is 2.50. The second-order valence-corrected chi connectivity index (χ2v) is 6.00. The molecule has 1 aliphatic rings. The molecule has 0 radical (unpaired) electrons. The number of rotatable bonds is 11. The molecule has 3 nitrogen and oxygen atoms in total. The Balaban J connectivity index is 2.27. The van der Waals surface area contributed by atoms with Gasteiger partial charge in [-0.3, -0.25) is 4.79 Å². The number of carbonyl (C=O) groups excluding carboxylic acids is 1. The normalized spacial score (nSPS) is 18.1. The minimum Gasteiger partial charge on any atom is -0.469 e. The third-order valence-electron chi connectivity index (χ3n) is 4.54. The number of methoxy groups -OCH3 is 1. The lowest BCUT2D eigenvalue weighted by Gasteiger charge is -2.29. The smallest absolute Gasteiger partial charge is 0.313 e. The summed E-state index contributed by atoms with van der Waals surface area (Å²) in [5.41, 5.74) is 5.53. The van der Waals surface area contributed by atoms with Gasteiger partial charge in [0.2, 0.25) is 0 Å². The first-order valence-corrected chi connectivity index (χ1v) is 7.99. The zero-order valence-corrected chi connectivity index (χ0v) is 12.7. The Morgan fingerprint density at radius 3 is 2.21 bits per heavy atom. The highest BCUT2D eigenvalue weighted by molar-refractivity contribution is 5.78. The molecular formula is C16H31NO2. The van der Waals surface area contributed by atoms with Crippen LogP contribution in [0.25, 0.3) is 0 Å². The van der Waals surface area contributed by atoms with Crippen molar-refractivity contribution in [3.05, 3.63) is 0 Å². The van der Waals surface area contributed by atoms with Crippen molar-refractivity contribution < 1.29 is 9.53 Å². The number of ether oxygens (including phenoxy) is 1. The molecule has 2 N–H and O–H groups in total. The highest BCUT2D eigenvalue weighted by atomic mass is 16.5. The lowest BCUT2D eigenvalue weighted by Crippen LogP contribution is -2.41. The molecule has 1 fully saturated rings. The van der Waals surface area contributed by atoms with Gasteiger partial charge in [-0.15, -0.1) is 0 Å². The molecule has 0 aromatic heterocycles. The Bertz CT molecular complexity index is 263. The van der Waals surface area contributed by atoms with E-state index in [1.165, 1.54) is 45.6 Å². The first-order valence-electron chi connectivity index (χ1n) is 7.99. The first kappa shape index (κ1) is 16.5. The predicted molar refractivity (Wildman–Crippen MR) is 78.8 cm³/mol. The van der Waals surface area contributed by atoms with E-state index in [9.17, 15) is 4.79 Å². The van der Waals surface area contributed by atoms with E-state index in [0.717, 1.165) is 25.7 Å². The molecule has 1 atom stereocenters. The number of esters is 1. The summed E-state index contributed by atoms with van der Waals surface area (Å²) in [5.74, 6) is 0.397. The average Bonchev–Trinajstić information content (AvgIpc) is 3.26. The van der Waals surface area contributed by atoms with Gasteiger partial charge in [0.05, 0.1) is 12.5 Å². The van der Waals surface area contributed by atoms with E-state index in [1.54, 1.807) is 0 Å². The second-order valence-electron chi connectivity index (χ2n) is 6.00. The Morgan fingerprint density at radius 2 is 1.74 bits per heavy atom. The summed E-state index contributed by atoms with van der Waals surface area (Å²) in [6.45, 7) is 2.68. The van der Waals surface area contributed by atoms with Crippen molar-refractivity contribution in [1.82, 2.24) is 0 Å². The van der Waals surface area contributed by atoms with Crippen molar-refractivity contribution in [3.8, 4) is 0 Å². The monoisotopic (exact) mass is 269 g/mol. The van der Waals surface area contributed by atoms with Gasteiger partial charge in [0, 0.05) is 6.54 Å². The zero-order chi connectivity index (χ0) is 14.1. The summed E-state index contributed by atoms with van der Waals surface area (Å²) in [7, 11) is 1.49. The summed E-state index contributed by atoms with van der Waals surface area (Å²) in [6, 6.07) is 0. The van der Waals surface area contributed by atoms with Crippen LogP contribution in [-0.2, 0) is 9.53 Å². The van der Waals surface area contributed by atoms with Crippen molar-refractivity contribution in [1.29, 1.82) is 0 Å². The number of carbonyl (C=O) groups is 1. The summed E-state index contributed by atoms with van der Waals surface area (Å²) >= 11 is 0. The van der Waals surface area contributed by atoms with Gasteiger partial charge in [0.15, 0.2) is 0 Å². The lowest BCUT2D eigenvalue weighted by atomic mass is 9.77. The minimum atomic E-state index is -0.377. The fourth-order valence-electron chi connectivity index (χ4n) is 3.06. The molecule has 0 aromatic rings. The average molecular weight is 269 g/mol. The van der Waals surface area contributed by atoms with E-state index in [1.807, 2.05) is 0 Å². The van der Waals surface area contributed by atoms with Gasteiger partial charge in [-0.25, -0.2) is 0 Å². The minimum absolute atomic E-state index is 0.0801. The van der Waals surface area contributed by atoms with Crippen molar-refractivity contribution in [2.24, 2.45) is 17.1 Å². The maximum Gasteiger partial charge on any atom is 0.313 e. The van der Waals surface area contributed by atoms with E-state index in [2.05, 4.69) is 6.92 Å². The fourth-order valence-corrected chi connectivity index (χ4v) is 3.06. The van der Waals surface area contributed by atoms with Crippen molar-refractivity contribution >= 4 is 5.97 Å². The van der Waals surface area contributed by atoms with E-state index in [-0.39, 0.29) is 11.4 Å². The molecular weight excluding hydrogens is 238 g/mol. The SMILES string of the molecule is CCCCCCCCCC(CN)(C(=O)OC)C1CC1. The summed E-state index contributed by atoms with van der Waals surface area (Å²) in [6.07, 6.45) is 12.1. The van der Waals surface area contributed by atoms with Gasteiger partial charge < -0.3 is 10.5 Å². The van der Waals surface area contributed by atoms with Gasteiger partial charge in [0.25, 0.3) is 0 Å². The molecule has 3 heteroatoms. The van der Waals surface area contributed by atoms with Crippen LogP contribution in [0.5, 0.6) is 0 Å².